The van der Waals surface area contributed by atoms with E-state index in [0.29, 0.717) is 6.54 Å². The lowest BCUT2D eigenvalue weighted by Gasteiger charge is -2.34. The molecule has 5 heteroatoms. The molecule has 5 nitrogen and oxygen atoms in total. The highest BCUT2D eigenvalue weighted by molar-refractivity contribution is 5.91. The second kappa shape index (κ2) is 6.26. The van der Waals surface area contributed by atoms with Crippen LogP contribution in [-0.4, -0.2) is 48.9 Å². The number of nitrogens with zero attached hydrogens (tertiary/aromatic N) is 1. The van der Waals surface area contributed by atoms with Crippen LogP contribution in [0.25, 0.3) is 0 Å². The normalized spacial score (nSPS) is 24.6. The summed E-state index contributed by atoms with van der Waals surface area (Å²) in [7, 11) is 0. The highest BCUT2D eigenvalue weighted by Gasteiger charge is 2.35. The second-order valence-corrected chi connectivity index (χ2v) is 5.71. The van der Waals surface area contributed by atoms with Gasteiger partial charge in [0.1, 0.15) is 0 Å². The topological polar surface area (TPSA) is 61.4 Å². The number of hydrogen-bond acceptors (Lipinski definition) is 3. The first kappa shape index (κ1) is 14.1. The van der Waals surface area contributed by atoms with E-state index in [1.807, 2.05) is 30.3 Å². The van der Waals surface area contributed by atoms with Crippen LogP contribution in [0.4, 0.5) is 0 Å². The Bertz CT molecular complexity index is 512. The van der Waals surface area contributed by atoms with Crippen molar-refractivity contribution < 1.29 is 9.59 Å². The average molecular weight is 287 g/mol. The van der Waals surface area contributed by atoms with Crippen LogP contribution in [0, 0.1) is 0 Å². The van der Waals surface area contributed by atoms with E-state index in [0.717, 1.165) is 31.5 Å². The molecule has 1 atom stereocenters. The Hall–Kier alpha value is -1.88. The largest absolute Gasteiger partial charge is 0.353 e. The molecule has 112 valence electrons. The minimum absolute atomic E-state index is 0.0553. The van der Waals surface area contributed by atoms with Crippen LogP contribution >= 0.6 is 0 Å². The van der Waals surface area contributed by atoms with Gasteiger partial charge in [-0.25, -0.2) is 0 Å². The van der Waals surface area contributed by atoms with Gasteiger partial charge < -0.3 is 15.5 Å². The maximum Gasteiger partial charge on any atom is 0.239 e. The molecular formula is C16H21N3O2. The van der Waals surface area contributed by atoms with Crippen molar-refractivity contribution in [3.8, 4) is 0 Å². The standard InChI is InChI=1S/C16H21N3O2/c20-15-11-19(13-6-8-17-9-7-13)16(21)14(10-18-15)12-4-2-1-3-5-12/h1-5,13-14,17H,6-11H2,(H,18,20). The molecule has 0 saturated carbocycles. The number of rotatable bonds is 2. The zero-order valence-corrected chi connectivity index (χ0v) is 12.0. The fourth-order valence-electron chi connectivity index (χ4n) is 3.17. The van der Waals surface area contributed by atoms with Gasteiger partial charge in [-0.2, -0.15) is 0 Å². The van der Waals surface area contributed by atoms with Crippen molar-refractivity contribution in [2.75, 3.05) is 26.2 Å². The van der Waals surface area contributed by atoms with Crippen molar-refractivity contribution in [2.24, 2.45) is 0 Å². The molecule has 1 unspecified atom stereocenters. The molecule has 0 aromatic heterocycles. The lowest BCUT2D eigenvalue weighted by molar-refractivity contribution is -0.137. The summed E-state index contributed by atoms with van der Waals surface area (Å²) in [6.45, 7) is 2.40. The van der Waals surface area contributed by atoms with Crippen molar-refractivity contribution >= 4 is 11.8 Å². The Balaban J connectivity index is 1.85. The zero-order valence-electron chi connectivity index (χ0n) is 12.0. The summed E-state index contributed by atoms with van der Waals surface area (Å²) < 4.78 is 0. The summed E-state index contributed by atoms with van der Waals surface area (Å²) in [5.41, 5.74) is 0.976. The first-order chi connectivity index (χ1) is 10.3. The van der Waals surface area contributed by atoms with E-state index in [2.05, 4.69) is 10.6 Å². The molecule has 0 spiro atoms. The van der Waals surface area contributed by atoms with Crippen LogP contribution in [0.15, 0.2) is 30.3 Å². The first-order valence-corrected chi connectivity index (χ1v) is 7.58. The van der Waals surface area contributed by atoms with E-state index in [1.54, 1.807) is 4.90 Å². The predicted octanol–water partition coefficient (Wildman–Crippen LogP) is 0.481. The quantitative estimate of drug-likeness (QED) is 0.832. The van der Waals surface area contributed by atoms with Crippen LogP contribution in [0.2, 0.25) is 0 Å². The summed E-state index contributed by atoms with van der Waals surface area (Å²) in [4.78, 5) is 26.6. The highest BCUT2D eigenvalue weighted by atomic mass is 16.2. The van der Waals surface area contributed by atoms with Crippen LogP contribution in [0.1, 0.15) is 24.3 Å². The molecule has 0 aliphatic carbocycles. The fourth-order valence-corrected chi connectivity index (χ4v) is 3.17. The maximum atomic E-state index is 12.9. The first-order valence-electron chi connectivity index (χ1n) is 7.58. The second-order valence-electron chi connectivity index (χ2n) is 5.71. The summed E-state index contributed by atoms with van der Waals surface area (Å²) in [6, 6.07) is 9.90. The number of nitrogens with one attached hydrogen (secondary N) is 2. The molecular weight excluding hydrogens is 266 g/mol. The van der Waals surface area contributed by atoms with Crippen LogP contribution < -0.4 is 10.6 Å². The van der Waals surface area contributed by atoms with Gasteiger partial charge >= 0.3 is 0 Å². The predicted molar refractivity (Wildman–Crippen MR) is 79.8 cm³/mol. The van der Waals surface area contributed by atoms with Gasteiger partial charge in [-0.1, -0.05) is 30.3 Å². The lowest BCUT2D eigenvalue weighted by Crippen LogP contribution is -2.48. The summed E-state index contributed by atoms with van der Waals surface area (Å²) >= 11 is 0. The zero-order chi connectivity index (χ0) is 14.7. The van der Waals surface area contributed by atoms with Gasteiger partial charge in [-0.15, -0.1) is 0 Å². The third-order valence-corrected chi connectivity index (χ3v) is 4.35. The number of carbonyl (C=O) groups excluding carboxylic acids is 2. The Morgan fingerprint density at radius 2 is 1.76 bits per heavy atom. The molecule has 0 bridgehead atoms. The third kappa shape index (κ3) is 3.08. The SMILES string of the molecule is O=C1CN(C2CCNCC2)C(=O)C(c2ccccc2)CN1. The smallest absolute Gasteiger partial charge is 0.239 e. The van der Waals surface area contributed by atoms with Gasteiger partial charge in [0.2, 0.25) is 11.8 Å². The van der Waals surface area contributed by atoms with Gasteiger partial charge in [0.25, 0.3) is 0 Å². The van der Waals surface area contributed by atoms with Crippen LogP contribution in [0.3, 0.4) is 0 Å². The molecule has 1 aromatic carbocycles. The molecule has 2 aliphatic rings. The van der Waals surface area contributed by atoms with Crippen LogP contribution in [0.5, 0.6) is 0 Å². The van der Waals surface area contributed by atoms with Crippen molar-refractivity contribution in [3.05, 3.63) is 35.9 Å². The number of piperidine rings is 1. The minimum atomic E-state index is -0.271. The van der Waals surface area contributed by atoms with Gasteiger partial charge in [-0.05, 0) is 31.5 Å². The van der Waals surface area contributed by atoms with Gasteiger partial charge in [0.15, 0.2) is 0 Å². The van der Waals surface area contributed by atoms with Gasteiger partial charge in [-0.3, -0.25) is 9.59 Å². The molecule has 3 rings (SSSR count). The molecule has 2 saturated heterocycles. The summed E-state index contributed by atoms with van der Waals surface area (Å²) in [5, 5.41) is 6.18. The van der Waals surface area contributed by atoms with Crippen molar-refractivity contribution in [2.45, 2.75) is 24.8 Å². The van der Waals surface area contributed by atoms with E-state index in [4.69, 9.17) is 0 Å². The molecule has 21 heavy (non-hydrogen) atoms. The van der Waals surface area contributed by atoms with Gasteiger partial charge in [0.05, 0.1) is 12.5 Å². The van der Waals surface area contributed by atoms with Gasteiger partial charge in [0, 0.05) is 12.6 Å². The molecule has 2 heterocycles. The van der Waals surface area contributed by atoms with E-state index < -0.39 is 0 Å². The highest BCUT2D eigenvalue weighted by Crippen LogP contribution is 2.23. The Morgan fingerprint density at radius 1 is 1.05 bits per heavy atom. The lowest BCUT2D eigenvalue weighted by atomic mass is 9.96. The third-order valence-electron chi connectivity index (χ3n) is 4.35. The summed E-state index contributed by atoms with van der Waals surface area (Å²) in [6.07, 6.45) is 1.83. The van der Waals surface area contributed by atoms with Crippen LogP contribution in [-0.2, 0) is 9.59 Å². The Morgan fingerprint density at radius 3 is 2.48 bits per heavy atom. The molecule has 2 fully saturated rings. The van der Waals surface area contributed by atoms with E-state index >= 15 is 0 Å². The van der Waals surface area contributed by atoms with E-state index in [1.165, 1.54) is 0 Å². The summed E-state index contributed by atoms with van der Waals surface area (Å²) in [5.74, 6) is -0.251. The van der Waals surface area contributed by atoms with E-state index in [-0.39, 0.29) is 30.3 Å². The number of amides is 2. The molecule has 2 N–H and O–H groups in total. The number of carbonyl (C=O) groups is 2. The van der Waals surface area contributed by atoms with Crippen molar-refractivity contribution in [1.82, 2.24) is 15.5 Å². The molecule has 2 amide bonds. The molecule has 1 aromatic rings. The maximum absolute atomic E-state index is 12.9. The fraction of sp³-hybridized carbons (Fsp3) is 0.500. The Labute approximate surface area is 124 Å². The van der Waals surface area contributed by atoms with Crippen molar-refractivity contribution in [3.63, 3.8) is 0 Å². The number of hydrogen-bond donors (Lipinski definition) is 2. The Kier molecular flexibility index (Phi) is 4.20. The average Bonchev–Trinajstić information content (AvgIpc) is 2.68. The monoisotopic (exact) mass is 287 g/mol. The van der Waals surface area contributed by atoms with Crippen molar-refractivity contribution in [1.29, 1.82) is 0 Å². The van der Waals surface area contributed by atoms with E-state index in [9.17, 15) is 9.59 Å². The molecule has 0 radical (unpaired) electrons. The number of benzene rings is 1. The molecule has 2 aliphatic heterocycles. The minimum Gasteiger partial charge on any atom is -0.353 e.